The van der Waals surface area contributed by atoms with Crippen molar-refractivity contribution in [2.24, 2.45) is 0 Å². The molecule has 2 amide bonds. The van der Waals surface area contributed by atoms with Gasteiger partial charge < -0.3 is 15.0 Å². The predicted molar refractivity (Wildman–Crippen MR) is 94.3 cm³/mol. The van der Waals surface area contributed by atoms with Crippen LogP contribution in [0.2, 0.25) is 0 Å². The van der Waals surface area contributed by atoms with Crippen LogP contribution in [0.5, 0.6) is 5.75 Å². The van der Waals surface area contributed by atoms with Crippen LogP contribution < -0.4 is 10.1 Å². The molecule has 6 nitrogen and oxygen atoms in total. The summed E-state index contributed by atoms with van der Waals surface area (Å²) in [6.07, 6.45) is -1.64. The van der Waals surface area contributed by atoms with Gasteiger partial charge in [0.15, 0.2) is 0 Å². The number of hydrogen-bond donors (Lipinski definition) is 1. The van der Waals surface area contributed by atoms with Crippen LogP contribution in [0.15, 0.2) is 24.3 Å². The van der Waals surface area contributed by atoms with Gasteiger partial charge in [-0.3, -0.25) is 14.5 Å². The molecule has 1 fully saturated rings. The van der Waals surface area contributed by atoms with E-state index >= 15 is 0 Å². The minimum absolute atomic E-state index is 0.00125. The summed E-state index contributed by atoms with van der Waals surface area (Å²) in [5.41, 5.74) is 0.345. The van der Waals surface area contributed by atoms with Gasteiger partial charge in [-0.25, -0.2) is 0 Å². The molecule has 1 saturated heterocycles. The lowest BCUT2D eigenvalue weighted by molar-refractivity contribution is -0.274. The second kappa shape index (κ2) is 9.07. The Balaban J connectivity index is 1.84. The van der Waals surface area contributed by atoms with Crippen LogP contribution in [-0.2, 0) is 9.59 Å². The van der Waals surface area contributed by atoms with Crippen molar-refractivity contribution in [2.75, 3.05) is 32.0 Å². The molecule has 27 heavy (non-hydrogen) atoms. The molecule has 1 aromatic carbocycles. The maximum Gasteiger partial charge on any atom is 0.573 e. The number of nitrogens with one attached hydrogen (secondary N) is 1. The highest BCUT2D eigenvalue weighted by atomic mass is 19.4. The van der Waals surface area contributed by atoms with E-state index in [2.05, 4.69) is 10.1 Å². The first kappa shape index (κ1) is 21.0. The molecule has 0 radical (unpaired) electrons. The highest BCUT2D eigenvalue weighted by molar-refractivity contribution is 5.92. The van der Waals surface area contributed by atoms with Crippen LogP contribution in [-0.4, -0.2) is 60.7 Å². The third-order valence-corrected chi connectivity index (χ3v) is 4.45. The molecule has 1 atom stereocenters. The number of amides is 2. The number of halogens is 3. The number of rotatable bonds is 6. The molecule has 150 valence electrons. The Hall–Kier alpha value is -2.29. The van der Waals surface area contributed by atoms with Crippen molar-refractivity contribution >= 4 is 17.5 Å². The predicted octanol–water partition coefficient (Wildman–Crippen LogP) is 2.86. The molecule has 2 rings (SSSR count). The fourth-order valence-corrected chi connectivity index (χ4v) is 2.87. The van der Waals surface area contributed by atoms with Crippen LogP contribution >= 0.6 is 0 Å². The monoisotopic (exact) mass is 387 g/mol. The fraction of sp³-hybridized carbons (Fsp3) is 0.556. The largest absolute Gasteiger partial charge is 0.573 e. The average Bonchev–Trinajstić information content (AvgIpc) is 2.61. The van der Waals surface area contributed by atoms with Gasteiger partial charge in [0.05, 0.1) is 12.6 Å². The van der Waals surface area contributed by atoms with E-state index in [1.54, 1.807) is 18.9 Å². The quantitative estimate of drug-likeness (QED) is 0.816. The first-order valence-corrected chi connectivity index (χ1v) is 8.80. The third kappa shape index (κ3) is 6.74. The molecule has 0 unspecified atom stereocenters. The van der Waals surface area contributed by atoms with Crippen molar-refractivity contribution in [2.45, 2.75) is 38.6 Å². The number of alkyl halides is 3. The minimum atomic E-state index is -4.76. The molecule has 0 saturated carbocycles. The Bertz CT molecular complexity index is 643. The van der Waals surface area contributed by atoms with Crippen LogP contribution in [0.4, 0.5) is 18.9 Å². The lowest BCUT2D eigenvalue weighted by atomic mass is 10.1. The van der Waals surface area contributed by atoms with E-state index in [0.29, 0.717) is 5.69 Å². The van der Waals surface area contributed by atoms with Crippen molar-refractivity contribution < 1.29 is 27.5 Å². The zero-order chi connectivity index (χ0) is 20.0. The lowest BCUT2D eigenvalue weighted by Gasteiger charge is -2.32. The number of carbonyl (C=O) groups excluding carboxylic acids is 2. The number of hydrogen-bond acceptors (Lipinski definition) is 4. The molecule has 1 aliphatic heterocycles. The number of carbonyl (C=O) groups is 2. The number of piperidine rings is 1. The highest BCUT2D eigenvalue weighted by Crippen LogP contribution is 2.24. The Morgan fingerprint density at radius 2 is 1.78 bits per heavy atom. The third-order valence-electron chi connectivity index (χ3n) is 4.45. The van der Waals surface area contributed by atoms with E-state index in [1.807, 2.05) is 4.90 Å². The van der Waals surface area contributed by atoms with Gasteiger partial charge in [0.25, 0.3) is 0 Å². The van der Waals surface area contributed by atoms with E-state index in [0.717, 1.165) is 44.5 Å². The fourth-order valence-electron chi connectivity index (χ4n) is 2.87. The number of likely N-dealkylation sites (tertiary alicyclic amines) is 1. The van der Waals surface area contributed by atoms with E-state index in [4.69, 9.17) is 0 Å². The van der Waals surface area contributed by atoms with Gasteiger partial charge in [-0.15, -0.1) is 13.2 Å². The van der Waals surface area contributed by atoms with Crippen LogP contribution in [0.25, 0.3) is 0 Å². The van der Waals surface area contributed by atoms with Crippen LogP contribution in [0.3, 0.4) is 0 Å². The van der Waals surface area contributed by atoms with Gasteiger partial charge in [-0.2, -0.15) is 0 Å². The Labute approximate surface area is 156 Å². The van der Waals surface area contributed by atoms with Crippen LogP contribution in [0, 0.1) is 0 Å². The van der Waals surface area contributed by atoms with Crippen molar-refractivity contribution in [3.05, 3.63) is 24.3 Å². The highest BCUT2D eigenvalue weighted by Gasteiger charge is 2.31. The summed E-state index contributed by atoms with van der Waals surface area (Å²) in [5.74, 6) is -0.725. The second-order valence-electron chi connectivity index (χ2n) is 6.60. The molecular weight excluding hydrogens is 363 g/mol. The summed E-state index contributed by atoms with van der Waals surface area (Å²) in [7, 11) is 1.69. The van der Waals surface area contributed by atoms with E-state index in [-0.39, 0.29) is 24.1 Å². The smallest absolute Gasteiger partial charge is 0.406 e. The molecule has 0 bridgehead atoms. The van der Waals surface area contributed by atoms with E-state index < -0.39 is 12.4 Å². The van der Waals surface area contributed by atoms with Gasteiger partial charge in [0, 0.05) is 18.8 Å². The summed E-state index contributed by atoms with van der Waals surface area (Å²) < 4.78 is 40.2. The molecular formula is C18H24F3N3O3. The average molecular weight is 387 g/mol. The summed E-state index contributed by atoms with van der Waals surface area (Å²) >= 11 is 0. The lowest BCUT2D eigenvalue weighted by Crippen LogP contribution is -2.49. The SMILES string of the molecule is C[C@H](C(=O)N1CCCCC1)N(C)CC(=O)Nc1ccc(OC(F)(F)F)cc1. The van der Waals surface area contributed by atoms with E-state index in [9.17, 15) is 22.8 Å². The topological polar surface area (TPSA) is 61.9 Å². The van der Waals surface area contributed by atoms with Gasteiger partial charge in [0.2, 0.25) is 11.8 Å². The molecule has 0 aromatic heterocycles. The first-order chi connectivity index (χ1) is 12.7. The number of likely N-dealkylation sites (N-methyl/N-ethyl adjacent to an activating group) is 1. The van der Waals surface area contributed by atoms with Gasteiger partial charge >= 0.3 is 6.36 Å². The maximum absolute atomic E-state index is 12.5. The Morgan fingerprint density at radius 3 is 2.33 bits per heavy atom. The van der Waals surface area contributed by atoms with Crippen molar-refractivity contribution in [3.8, 4) is 5.75 Å². The number of anilines is 1. The Morgan fingerprint density at radius 1 is 1.19 bits per heavy atom. The Kier molecular flexibility index (Phi) is 7.06. The van der Waals surface area contributed by atoms with Crippen LogP contribution in [0.1, 0.15) is 26.2 Å². The van der Waals surface area contributed by atoms with Gasteiger partial charge in [-0.05, 0) is 57.5 Å². The summed E-state index contributed by atoms with van der Waals surface area (Å²) in [5, 5.41) is 2.59. The zero-order valence-corrected chi connectivity index (χ0v) is 15.4. The second-order valence-corrected chi connectivity index (χ2v) is 6.60. The summed E-state index contributed by atoms with van der Waals surface area (Å²) in [6.45, 7) is 3.24. The molecule has 1 aromatic rings. The molecule has 9 heteroatoms. The number of ether oxygens (including phenoxy) is 1. The minimum Gasteiger partial charge on any atom is -0.406 e. The normalized spacial score (nSPS) is 16.1. The van der Waals surface area contributed by atoms with Crippen molar-refractivity contribution in [1.29, 1.82) is 0 Å². The standard InChI is InChI=1S/C18H24F3N3O3/c1-13(17(26)24-10-4-3-5-11-24)23(2)12-16(25)22-14-6-8-15(9-7-14)27-18(19,20)21/h6-9,13H,3-5,10-12H2,1-2H3,(H,22,25)/t13-/m1/s1. The van der Waals surface area contributed by atoms with Crippen molar-refractivity contribution in [1.82, 2.24) is 9.80 Å². The zero-order valence-electron chi connectivity index (χ0n) is 15.4. The molecule has 0 spiro atoms. The summed E-state index contributed by atoms with van der Waals surface area (Å²) in [6, 6.07) is 4.45. The van der Waals surface area contributed by atoms with Gasteiger partial charge in [0.1, 0.15) is 5.75 Å². The van der Waals surface area contributed by atoms with E-state index in [1.165, 1.54) is 12.1 Å². The first-order valence-electron chi connectivity index (χ1n) is 8.80. The van der Waals surface area contributed by atoms with Crippen molar-refractivity contribution in [3.63, 3.8) is 0 Å². The number of benzene rings is 1. The molecule has 1 aliphatic rings. The molecule has 1 heterocycles. The summed E-state index contributed by atoms with van der Waals surface area (Å²) in [4.78, 5) is 28.1. The molecule has 1 N–H and O–H groups in total. The maximum atomic E-state index is 12.5. The number of nitrogens with zero attached hydrogens (tertiary/aromatic N) is 2. The molecule has 0 aliphatic carbocycles. The van der Waals surface area contributed by atoms with Gasteiger partial charge in [-0.1, -0.05) is 0 Å².